The van der Waals surface area contributed by atoms with Crippen LogP contribution < -0.4 is 9.47 Å². The smallest absolute Gasteiger partial charge is 0.480 e. The number of ether oxygens (including phenoxy) is 2. The second-order valence-corrected chi connectivity index (χ2v) is 3.24. The number of aromatic nitrogens is 1. The molecule has 0 bridgehead atoms. The van der Waals surface area contributed by atoms with E-state index >= 15 is 0 Å². The van der Waals surface area contributed by atoms with E-state index in [0.717, 1.165) is 0 Å². The van der Waals surface area contributed by atoms with E-state index < -0.39 is 41.4 Å². The molecule has 0 amide bonds. The van der Waals surface area contributed by atoms with Gasteiger partial charge < -0.3 is 14.6 Å². The molecule has 0 saturated carbocycles. The fraction of sp³-hybridized carbons (Fsp3) is 0.333. The zero-order valence-corrected chi connectivity index (χ0v) is 9.46. The first-order valence-electron chi connectivity index (χ1n) is 4.61. The number of pyridine rings is 1. The lowest BCUT2D eigenvalue weighted by atomic mass is 10.2. The van der Waals surface area contributed by atoms with Crippen LogP contribution in [0.5, 0.6) is 11.6 Å². The minimum absolute atomic E-state index is 0.0150. The molecule has 1 aromatic rings. The zero-order chi connectivity index (χ0) is 15.7. The predicted octanol–water partition coefficient (Wildman–Crippen LogP) is 2.71. The van der Waals surface area contributed by atoms with Gasteiger partial charge in [-0.2, -0.15) is 13.2 Å². The van der Waals surface area contributed by atoms with Gasteiger partial charge in [0.15, 0.2) is 11.3 Å². The van der Waals surface area contributed by atoms with Crippen molar-refractivity contribution in [3.05, 3.63) is 17.3 Å². The molecule has 0 aliphatic carbocycles. The minimum Gasteiger partial charge on any atom is -0.480 e. The molecule has 1 heterocycles. The molecule has 0 saturated heterocycles. The predicted molar refractivity (Wildman–Crippen MR) is 49.4 cm³/mol. The van der Waals surface area contributed by atoms with Crippen LogP contribution in [0.15, 0.2) is 6.07 Å². The molecule has 11 heteroatoms. The van der Waals surface area contributed by atoms with Gasteiger partial charge in [-0.15, -0.1) is 13.2 Å². The van der Waals surface area contributed by atoms with Gasteiger partial charge in [-0.1, -0.05) is 0 Å². The molecule has 0 fully saturated rings. The van der Waals surface area contributed by atoms with Gasteiger partial charge in [-0.05, 0) is 0 Å². The standard InChI is InChI=1S/C9H5F6NO4/c1-19-6-5(8(10,11)12)4(20-9(13,14)15)2-3(16-6)7(17)18/h2H,1H3,(H,17,18). The molecule has 0 aliphatic heterocycles. The highest BCUT2D eigenvalue weighted by molar-refractivity contribution is 5.86. The van der Waals surface area contributed by atoms with E-state index in [9.17, 15) is 31.1 Å². The van der Waals surface area contributed by atoms with Crippen molar-refractivity contribution < 1.29 is 45.7 Å². The summed E-state index contributed by atoms with van der Waals surface area (Å²) in [5, 5.41) is 8.59. The molecule has 0 radical (unpaired) electrons. The third-order valence-corrected chi connectivity index (χ3v) is 1.87. The Hall–Kier alpha value is -2.20. The van der Waals surface area contributed by atoms with E-state index in [2.05, 4.69) is 14.5 Å². The van der Waals surface area contributed by atoms with Crippen molar-refractivity contribution in [1.29, 1.82) is 0 Å². The molecule has 0 atom stereocenters. The van der Waals surface area contributed by atoms with Gasteiger partial charge in [0.25, 0.3) is 0 Å². The third kappa shape index (κ3) is 3.65. The molecule has 0 unspecified atom stereocenters. The highest BCUT2D eigenvalue weighted by Gasteiger charge is 2.43. The van der Waals surface area contributed by atoms with Gasteiger partial charge in [0.05, 0.1) is 7.11 Å². The van der Waals surface area contributed by atoms with Crippen molar-refractivity contribution in [2.75, 3.05) is 7.11 Å². The maximum absolute atomic E-state index is 12.7. The Morgan fingerprint density at radius 3 is 2.15 bits per heavy atom. The van der Waals surface area contributed by atoms with E-state index in [0.29, 0.717) is 7.11 Å². The summed E-state index contributed by atoms with van der Waals surface area (Å²) in [7, 11) is 0.695. The maximum atomic E-state index is 12.7. The van der Waals surface area contributed by atoms with Crippen molar-refractivity contribution in [1.82, 2.24) is 4.98 Å². The topological polar surface area (TPSA) is 68.7 Å². The fourth-order valence-electron chi connectivity index (χ4n) is 1.22. The molecular formula is C9H5F6NO4. The second kappa shape index (κ2) is 5.06. The monoisotopic (exact) mass is 305 g/mol. The molecule has 1 aromatic heterocycles. The summed E-state index contributed by atoms with van der Waals surface area (Å²) in [6.07, 6.45) is -10.7. The van der Waals surface area contributed by atoms with Gasteiger partial charge in [0.2, 0.25) is 5.88 Å². The summed E-state index contributed by atoms with van der Waals surface area (Å²) in [5.41, 5.74) is -3.04. The quantitative estimate of drug-likeness (QED) is 0.870. The van der Waals surface area contributed by atoms with Crippen LogP contribution in [0, 0.1) is 0 Å². The number of carboxylic acid groups (broad SMARTS) is 1. The maximum Gasteiger partial charge on any atom is 0.573 e. The Kier molecular flexibility index (Phi) is 4.01. The number of halogens is 6. The van der Waals surface area contributed by atoms with Crippen LogP contribution in [0.1, 0.15) is 16.1 Å². The number of nitrogens with zero attached hydrogens (tertiary/aromatic N) is 1. The molecule has 1 N–H and O–H groups in total. The molecule has 1 rings (SSSR count). The number of methoxy groups -OCH3 is 1. The molecule has 112 valence electrons. The largest absolute Gasteiger partial charge is 0.573 e. The first kappa shape index (κ1) is 15.9. The molecule has 5 nitrogen and oxygen atoms in total. The Bertz CT molecular complexity index is 524. The van der Waals surface area contributed by atoms with E-state index in [1.54, 1.807) is 0 Å². The fourth-order valence-corrected chi connectivity index (χ4v) is 1.22. The Morgan fingerprint density at radius 1 is 1.25 bits per heavy atom. The lowest BCUT2D eigenvalue weighted by molar-refractivity contribution is -0.276. The lowest BCUT2D eigenvalue weighted by Crippen LogP contribution is -2.22. The lowest BCUT2D eigenvalue weighted by Gasteiger charge is -2.17. The molecular weight excluding hydrogens is 300 g/mol. The van der Waals surface area contributed by atoms with Crippen molar-refractivity contribution in [3.8, 4) is 11.6 Å². The van der Waals surface area contributed by atoms with Crippen LogP contribution in [0.3, 0.4) is 0 Å². The number of hydrogen-bond acceptors (Lipinski definition) is 4. The summed E-state index contributed by atoms with van der Waals surface area (Å²) in [6.45, 7) is 0. The SMILES string of the molecule is COc1nc(C(=O)O)cc(OC(F)(F)F)c1C(F)(F)F. The number of hydrogen-bond donors (Lipinski definition) is 1. The minimum atomic E-state index is -5.44. The summed E-state index contributed by atoms with van der Waals surface area (Å²) in [6, 6.07) is 0.0150. The number of carboxylic acids is 1. The number of carbonyl (C=O) groups is 1. The van der Waals surface area contributed by atoms with E-state index in [-0.39, 0.29) is 6.07 Å². The number of alkyl halides is 6. The van der Waals surface area contributed by atoms with Crippen molar-refractivity contribution >= 4 is 5.97 Å². The van der Waals surface area contributed by atoms with Crippen molar-refractivity contribution in [3.63, 3.8) is 0 Å². The Labute approximate surface area is 106 Å². The molecule has 0 aromatic carbocycles. The molecule has 0 aliphatic rings. The van der Waals surface area contributed by atoms with Crippen LogP contribution in [0.2, 0.25) is 0 Å². The van der Waals surface area contributed by atoms with E-state index in [1.807, 2.05) is 0 Å². The van der Waals surface area contributed by atoms with Gasteiger partial charge in [-0.3, -0.25) is 0 Å². The first-order chi connectivity index (χ1) is 8.95. The second-order valence-electron chi connectivity index (χ2n) is 3.24. The Balaban J connectivity index is 3.57. The highest BCUT2D eigenvalue weighted by Crippen LogP contribution is 2.43. The van der Waals surface area contributed by atoms with Crippen LogP contribution >= 0.6 is 0 Å². The highest BCUT2D eigenvalue weighted by atomic mass is 19.4. The normalized spacial score (nSPS) is 12.2. The van der Waals surface area contributed by atoms with Gasteiger partial charge in [-0.25, -0.2) is 9.78 Å². The summed E-state index contributed by atoms with van der Waals surface area (Å²) >= 11 is 0. The van der Waals surface area contributed by atoms with Crippen LogP contribution in [-0.4, -0.2) is 29.5 Å². The van der Waals surface area contributed by atoms with Gasteiger partial charge >= 0.3 is 18.5 Å². The van der Waals surface area contributed by atoms with Crippen LogP contribution in [0.25, 0.3) is 0 Å². The molecule has 0 spiro atoms. The Morgan fingerprint density at radius 2 is 1.80 bits per heavy atom. The first-order valence-corrected chi connectivity index (χ1v) is 4.61. The zero-order valence-electron chi connectivity index (χ0n) is 9.46. The molecule has 20 heavy (non-hydrogen) atoms. The van der Waals surface area contributed by atoms with Gasteiger partial charge in [0, 0.05) is 6.07 Å². The summed E-state index contributed by atoms with van der Waals surface area (Å²) in [5.74, 6) is -4.94. The summed E-state index contributed by atoms with van der Waals surface area (Å²) in [4.78, 5) is 13.6. The summed E-state index contributed by atoms with van der Waals surface area (Å²) < 4.78 is 81.7. The van der Waals surface area contributed by atoms with Crippen molar-refractivity contribution in [2.24, 2.45) is 0 Å². The van der Waals surface area contributed by atoms with Gasteiger partial charge in [0.1, 0.15) is 5.75 Å². The van der Waals surface area contributed by atoms with E-state index in [4.69, 9.17) is 5.11 Å². The third-order valence-electron chi connectivity index (χ3n) is 1.87. The number of rotatable bonds is 3. The average molecular weight is 305 g/mol. The van der Waals surface area contributed by atoms with E-state index in [1.165, 1.54) is 0 Å². The number of aromatic carboxylic acids is 1. The van der Waals surface area contributed by atoms with Crippen LogP contribution in [0.4, 0.5) is 26.3 Å². The van der Waals surface area contributed by atoms with Crippen molar-refractivity contribution in [2.45, 2.75) is 12.5 Å². The van der Waals surface area contributed by atoms with Crippen LogP contribution in [-0.2, 0) is 6.18 Å². The average Bonchev–Trinajstić information content (AvgIpc) is 2.23.